The van der Waals surface area contributed by atoms with E-state index in [-0.39, 0.29) is 11.9 Å². The number of hydrogen-bond acceptors (Lipinski definition) is 7. The summed E-state index contributed by atoms with van der Waals surface area (Å²) in [5.41, 5.74) is 0.894. The molecule has 3 heterocycles. The van der Waals surface area contributed by atoms with E-state index in [4.69, 9.17) is 9.47 Å². The SMILES string of the molecule is COc1ccc2nc(CC(=O)N3CCNCC3COc3cccnc3)sc2c1. The van der Waals surface area contributed by atoms with Crippen LogP contribution in [0, 0.1) is 0 Å². The van der Waals surface area contributed by atoms with Crippen molar-refractivity contribution in [3.05, 3.63) is 47.7 Å². The number of methoxy groups -OCH3 is 1. The maximum atomic E-state index is 13.0. The molecule has 1 aliphatic rings. The van der Waals surface area contributed by atoms with Gasteiger partial charge in [-0.2, -0.15) is 0 Å². The van der Waals surface area contributed by atoms with E-state index in [0.29, 0.717) is 31.9 Å². The minimum absolute atomic E-state index is 0.0177. The van der Waals surface area contributed by atoms with Crippen LogP contribution in [0.1, 0.15) is 5.01 Å². The molecular weight excluding hydrogens is 376 g/mol. The van der Waals surface area contributed by atoms with Gasteiger partial charge in [0.1, 0.15) is 23.1 Å². The van der Waals surface area contributed by atoms with E-state index >= 15 is 0 Å². The van der Waals surface area contributed by atoms with Crippen LogP contribution >= 0.6 is 11.3 Å². The maximum absolute atomic E-state index is 13.0. The van der Waals surface area contributed by atoms with E-state index in [1.54, 1.807) is 19.5 Å². The Balaban J connectivity index is 1.43. The molecule has 3 aromatic rings. The number of rotatable bonds is 6. The zero-order valence-electron chi connectivity index (χ0n) is 15.6. The van der Waals surface area contributed by atoms with Gasteiger partial charge in [-0.25, -0.2) is 4.98 Å². The highest BCUT2D eigenvalue weighted by molar-refractivity contribution is 7.18. The number of nitrogens with zero attached hydrogens (tertiary/aromatic N) is 3. The minimum atomic E-state index is -0.0177. The summed E-state index contributed by atoms with van der Waals surface area (Å²) in [4.78, 5) is 23.5. The van der Waals surface area contributed by atoms with E-state index in [1.807, 2.05) is 35.2 Å². The molecule has 1 atom stereocenters. The van der Waals surface area contributed by atoms with Crippen molar-refractivity contribution in [3.63, 3.8) is 0 Å². The van der Waals surface area contributed by atoms with Gasteiger partial charge < -0.3 is 19.7 Å². The van der Waals surface area contributed by atoms with E-state index in [2.05, 4.69) is 15.3 Å². The lowest BCUT2D eigenvalue weighted by atomic mass is 10.2. The summed E-state index contributed by atoms with van der Waals surface area (Å²) in [7, 11) is 1.64. The molecule has 0 spiro atoms. The van der Waals surface area contributed by atoms with Crippen LogP contribution in [0.25, 0.3) is 10.2 Å². The highest BCUT2D eigenvalue weighted by Gasteiger charge is 2.27. The van der Waals surface area contributed by atoms with E-state index in [0.717, 1.165) is 27.5 Å². The number of aromatic nitrogens is 2. The zero-order valence-corrected chi connectivity index (χ0v) is 16.4. The molecule has 1 aliphatic heterocycles. The fraction of sp³-hybridized carbons (Fsp3) is 0.350. The molecule has 1 saturated heterocycles. The first kappa shape index (κ1) is 18.6. The quantitative estimate of drug-likeness (QED) is 0.686. The highest BCUT2D eigenvalue weighted by atomic mass is 32.1. The molecule has 146 valence electrons. The molecule has 8 heteroatoms. The molecule has 4 rings (SSSR count). The van der Waals surface area contributed by atoms with Crippen molar-refractivity contribution < 1.29 is 14.3 Å². The Morgan fingerprint density at radius 3 is 3.11 bits per heavy atom. The molecule has 2 aromatic heterocycles. The Bertz CT molecular complexity index is 947. The molecule has 1 amide bonds. The summed E-state index contributed by atoms with van der Waals surface area (Å²) in [5, 5.41) is 4.16. The average molecular weight is 398 g/mol. The normalized spacial score (nSPS) is 16.9. The monoisotopic (exact) mass is 398 g/mol. The Morgan fingerprint density at radius 1 is 1.36 bits per heavy atom. The van der Waals surface area contributed by atoms with Gasteiger partial charge >= 0.3 is 0 Å². The number of carbonyl (C=O) groups excluding carboxylic acids is 1. The molecule has 0 aliphatic carbocycles. The average Bonchev–Trinajstić information content (AvgIpc) is 3.14. The molecule has 1 fully saturated rings. The zero-order chi connectivity index (χ0) is 19.3. The number of ether oxygens (including phenoxy) is 2. The van der Waals surface area contributed by atoms with Gasteiger partial charge in [0.05, 0.1) is 36.0 Å². The first-order chi connectivity index (χ1) is 13.7. The summed E-state index contributed by atoms with van der Waals surface area (Å²) in [6, 6.07) is 9.45. The summed E-state index contributed by atoms with van der Waals surface area (Å²) in [6.07, 6.45) is 3.68. The molecule has 0 bridgehead atoms. The second-order valence-electron chi connectivity index (χ2n) is 6.56. The number of nitrogens with one attached hydrogen (secondary N) is 1. The third-order valence-electron chi connectivity index (χ3n) is 4.69. The number of hydrogen-bond donors (Lipinski definition) is 1. The van der Waals surface area contributed by atoms with Gasteiger partial charge in [-0.05, 0) is 30.3 Å². The topological polar surface area (TPSA) is 76.6 Å². The van der Waals surface area contributed by atoms with Gasteiger partial charge in [-0.1, -0.05) is 0 Å². The molecular formula is C20H22N4O3S. The van der Waals surface area contributed by atoms with Crippen LogP contribution in [0.3, 0.4) is 0 Å². The molecule has 28 heavy (non-hydrogen) atoms. The van der Waals surface area contributed by atoms with Crippen molar-refractivity contribution in [2.75, 3.05) is 33.4 Å². The number of amides is 1. The van der Waals surface area contributed by atoms with Gasteiger partial charge in [0, 0.05) is 25.8 Å². The first-order valence-corrected chi connectivity index (χ1v) is 10.0. The van der Waals surface area contributed by atoms with Crippen molar-refractivity contribution in [2.24, 2.45) is 0 Å². The van der Waals surface area contributed by atoms with E-state index in [1.165, 1.54) is 11.3 Å². The standard InChI is InChI=1S/C20H22N4O3S/c1-26-15-4-5-17-18(9-15)28-19(23-17)10-20(25)24-8-7-22-11-14(24)13-27-16-3-2-6-21-12-16/h2-6,9,12,14,22H,7-8,10-11,13H2,1H3. The van der Waals surface area contributed by atoms with Gasteiger partial charge in [-0.3, -0.25) is 9.78 Å². The Hall–Kier alpha value is -2.71. The summed E-state index contributed by atoms with van der Waals surface area (Å²) >= 11 is 1.54. The van der Waals surface area contributed by atoms with Crippen LogP contribution in [0.2, 0.25) is 0 Å². The molecule has 1 aromatic carbocycles. The maximum Gasteiger partial charge on any atom is 0.229 e. The largest absolute Gasteiger partial charge is 0.497 e. The lowest BCUT2D eigenvalue weighted by Gasteiger charge is -2.36. The predicted octanol–water partition coefficient (Wildman–Crippen LogP) is 2.12. The summed E-state index contributed by atoms with van der Waals surface area (Å²) in [5.74, 6) is 1.58. The second kappa shape index (κ2) is 8.53. The first-order valence-electron chi connectivity index (χ1n) is 9.19. The second-order valence-corrected chi connectivity index (χ2v) is 7.68. The van der Waals surface area contributed by atoms with E-state index in [9.17, 15) is 4.79 Å². The van der Waals surface area contributed by atoms with Crippen LogP contribution in [0.15, 0.2) is 42.7 Å². The van der Waals surface area contributed by atoms with Crippen molar-refractivity contribution in [2.45, 2.75) is 12.5 Å². The summed E-state index contributed by atoms with van der Waals surface area (Å²) in [6.45, 7) is 2.59. The highest BCUT2D eigenvalue weighted by Crippen LogP contribution is 2.27. The molecule has 7 nitrogen and oxygen atoms in total. The number of benzene rings is 1. The predicted molar refractivity (Wildman–Crippen MR) is 108 cm³/mol. The van der Waals surface area contributed by atoms with Crippen LogP contribution in [0.5, 0.6) is 11.5 Å². The minimum Gasteiger partial charge on any atom is -0.497 e. The molecule has 1 N–H and O–H groups in total. The number of piperazine rings is 1. The number of carbonyl (C=O) groups is 1. The van der Waals surface area contributed by atoms with Crippen molar-refractivity contribution >= 4 is 27.5 Å². The van der Waals surface area contributed by atoms with Crippen LogP contribution in [-0.2, 0) is 11.2 Å². The number of pyridine rings is 1. The van der Waals surface area contributed by atoms with Crippen molar-refractivity contribution in [3.8, 4) is 11.5 Å². The Kier molecular flexibility index (Phi) is 5.68. The fourth-order valence-corrected chi connectivity index (χ4v) is 4.24. The van der Waals surface area contributed by atoms with E-state index < -0.39 is 0 Å². The van der Waals surface area contributed by atoms with Crippen molar-refractivity contribution in [1.29, 1.82) is 0 Å². The van der Waals surface area contributed by atoms with Crippen LogP contribution in [0.4, 0.5) is 0 Å². The molecule has 1 unspecified atom stereocenters. The lowest BCUT2D eigenvalue weighted by molar-refractivity contribution is -0.134. The number of thiazole rings is 1. The van der Waals surface area contributed by atoms with Crippen LogP contribution < -0.4 is 14.8 Å². The number of fused-ring (bicyclic) bond motifs is 1. The van der Waals surface area contributed by atoms with Gasteiger partial charge in [-0.15, -0.1) is 11.3 Å². The van der Waals surface area contributed by atoms with Crippen LogP contribution in [-0.4, -0.2) is 60.2 Å². The van der Waals surface area contributed by atoms with Crippen molar-refractivity contribution in [1.82, 2.24) is 20.2 Å². The third-order valence-corrected chi connectivity index (χ3v) is 5.71. The Morgan fingerprint density at radius 2 is 2.29 bits per heavy atom. The summed E-state index contributed by atoms with van der Waals surface area (Å²) < 4.78 is 12.1. The smallest absolute Gasteiger partial charge is 0.229 e. The fourth-order valence-electron chi connectivity index (χ4n) is 3.25. The molecule has 0 radical (unpaired) electrons. The van der Waals surface area contributed by atoms with Gasteiger partial charge in [0.25, 0.3) is 0 Å². The van der Waals surface area contributed by atoms with Gasteiger partial charge in [0.2, 0.25) is 5.91 Å². The third kappa shape index (κ3) is 4.23. The lowest BCUT2D eigenvalue weighted by Crippen LogP contribution is -2.56. The molecule has 0 saturated carbocycles. The Labute approximate surface area is 167 Å². The van der Waals surface area contributed by atoms with Gasteiger partial charge in [0.15, 0.2) is 0 Å².